The summed E-state index contributed by atoms with van der Waals surface area (Å²) in [6.07, 6.45) is 2.95. The van der Waals surface area contributed by atoms with Crippen molar-refractivity contribution in [2.75, 3.05) is 32.1 Å². The van der Waals surface area contributed by atoms with Gasteiger partial charge < -0.3 is 14.5 Å². The van der Waals surface area contributed by atoms with Crippen LogP contribution in [0.15, 0.2) is 53.6 Å². The van der Waals surface area contributed by atoms with Gasteiger partial charge in [-0.3, -0.25) is 19.1 Å². The Bertz CT molecular complexity index is 1280. The van der Waals surface area contributed by atoms with Crippen LogP contribution in [-0.2, 0) is 18.3 Å². The summed E-state index contributed by atoms with van der Waals surface area (Å²) in [4.78, 5) is 37.7. The first-order valence-electron chi connectivity index (χ1n) is 11.2. The van der Waals surface area contributed by atoms with Gasteiger partial charge in [-0.15, -0.1) is 0 Å². The Hall–Kier alpha value is -3.75. The lowest BCUT2D eigenvalue weighted by Gasteiger charge is -2.26. The molecular weight excluding hydrogens is 437 g/mol. The predicted octanol–water partition coefficient (Wildman–Crippen LogP) is 2.13. The number of pyridine rings is 1. The quantitative estimate of drug-likeness (QED) is 0.557. The zero-order valence-electron chi connectivity index (χ0n) is 19.3. The third kappa shape index (κ3) is 3.91. The number of carbonyl (C=O) groups is 1. The van der Waals surface area contributed by atoms with E-state index in [9.17, 15) is 14.0 Å². The van der Waals surface area contributed by atoms with Crippen LogP contribution < -0.4 is 15.2 Å². The summed E-state index contributed by atoms with van der Waals surface area (Å²) in [6.45, 7) is 1.36. The van der Waals surface area contributed by atoms with E-state index in [2.05, 4.69) is 9.97 Å². The SMILES string of the molecule is COc1ccc(CC(=O)N2C[C@@H]3[C@H](C2)[C@H]3N(C)c2nc(-c3ccncc3F)cc(=O)n2C)cc1. The van der Waals surface area contributed by atoms with E-state index in [-0.39, 0.29) is 28.8 Å². The molecule has 1 saturated carbocycles. The molecule has 176 valence electrons. The zero-order chi connectivity index (χ0) is 24.0. The van der Waals surface area contributed by atoms with Gasteiger partial charge in [0.1, 0.15) is 5.75 Å². The van der Waals surface area contributed by atoms with E-state index in [1.807, 2.05) is 41.1 Å². The fourth-order valence-corrected chi connectivity index (χ4v) is 5.00. The van der Waals surface area contributed by atoms with Crippen molar-refractivity contribution in [1.29, 1.82) is 0 Å². The molecule has 1 amide bonds. The van der Waals surface area contributed by atoms with Crippen LogP contribution in [0.2, 0.25) is 0 Å². The Morgan fingerprint density at radius 2 is 1.91 bits per heavy atom. The van der Waals surface area contributed by atoms with Crippen molar-refractivity contribution in [1.82, 2.24) is 19.4 Å². The molecule has 3 aromatic rings. The number of anilines is 1. The number of amides is 1. The van der Waals surface area contributed by atoms with Crippen molar-refractivity contribution in [3.8, 4) is 17.0 Å². The van der Waals surface area contributed by atoms with Crippen LogP contribution in [0.1, 0.15) is 5.56 Å². The topological polar surface area (TPSA) is 80.6 Å². The highest BCUT2D eigenvalue weighted by molar-refractivity contribution is 5.79. The lowest BCUT2D eigenvalue weighted by Crippen LogP contribution is -2.38. The van der Waals surface area contributed by atoms with E-state index in [1.165, 1.54) is 22.9 Å². The molecule has 2 fully saturated rings. The smallest absolute Gasteiger partial charge is 0.255 e. The maximum atomic E-state index is 14.2. The van der Waals surface area contributed by atoms with E-state index >= 15 is 0 Å². The van der Waals surface area contributed by atoms with Crippen molar-refractivity contribution in [3.05, 3.63) is 70.5 Å². The lowest BCUT2D eigenvalue weighted by atomic mass is 10.1. The molecule has 8 nitrogen and oxygen atoms in total. The standard InChI is InChI=1S/C25H26FN5O3/c1-29-22(32)11-21(17-8-9-27-12-20(17)26)28-25(29)30(2)24-18-13-31(14-19(18)24)23(33)10-15-4-6-16(34-3)7-5-15/h4-9,11-12,18-19,24H,10,13-14H2,1-3H3/t18-,19+,24+. The molecule has 2 aliphatic rings. The lowest BCUT2D eigenvalue weighted by molar-refractivity contribution is -0.130. The van der Waals surface area contributed by atoms with Gasteiger partial charge in [-0.25, -0.2) is 9.37 Å². The highest BCUT2D eigenvalue weighted by atomic mass is 19.1. The van der Waals surface area contributed by atoms with Crippen LogP contribution >= 0.6 is 0 Å². The first-order chi connectivity index (χ1) is 16.4. The van der Waals surface area contributed by atoms with Crippen molar-refractivity contribution >= 4 is 11.9 Å². The highest BCUT2D eigenvalue weighted by Gasteiger charge is 2.59. The van der Waals surface area contributed by atoms with Crippen molar-refractivity contribution in [3.63, 3.8) is 0 Å². The third-order valence-electron chi connectivity index (χ3n) is 6.94. The summed E-state index contributed by atoms with van der Waals surface area (Å²) in [6, 6.07) is 10.6. The number of piperidine rings is 1. The molecular formula is C25H26FN5O3. The van der Waals surface area contributed by atoms with E-state index in [0.717, 1.165) is 17.5 Å². The van der Waals surface area contributed by atoms with E-state index in [4.69, 9.17) is 4.74 Å². The van der Waals surface area contributed by atoms with Crippen LogP contribution in [-0.4, -0.2) is 58.6 Å². The molecule has 9 heteroatoms. The normalized spacial score (nSPS) is 20.7. The van der Waals surface area contributed by atoms with Gasteiger partial charge in [-0.2, -0.15) is 0 Å². The van der Waals surface area contributed by atoms with Gasteiger partial charge in [-0.1, -0.05) is 12.1 Å². The molecule has 1 aromatic carbocycles. The molecule has 34 heavy (non-hydrogen) atoms. The molecule has 1 aliphatic heterocycles. The summed E-state index contributed by atoms with van der Waals surface area (Å²) in [5, 5.41) is 0. The molecule has 1 aliphatic carbocycles. The minimum Gasteiger partial charge on any atom is -0.497 e. The second-order valence-corrected chi connectivity index (χ2v) is 8.95. The summed E-state index contributed by atoms with van der Waals surface area (Å²) in [5.74, 6) is 1.48. The zero-order valence-corrected chi connectivity index (χ0v) is 19.3. The first-order valence-corrected chi connectivity index (χ1v) is 11.2. The summed E-state index contributed by atoms with van der Waals surface area (Å²) < 4.78 is 20.9. The van der Waals surface area contributed by atoms with Crippen LogP contribution in [0.25, 0.3) is 11.3 Å². The molecule has 1 saturated heterocycles. The summed E-state index contributed by atoms with van der Waals surface area (Å²) in [7, 11) is 5.18. The van der Waals surface area contributed by atoms with Gasteiger partial charge >= 0.3 is 0 Å². The third-order valence-corrected chi connectivity index (χ3v) is 6.94. The average Bonchev–Trinajstić information content (AvgIpc) is 3.33. The first kappa shape index (κ1) is 22.1. The Morgan fingerprint density at radius 1 is 1.21 bits per heavy atom. The van der Waals surface area contributed by atoms with Gasteiger partial charge in [0.2, 0.25) is 11.9 Å². The summed E-state index contributed by atoms with van der Waals surface area (Å²) in [5.41, 5.74) is 1.23. The second kappa shape index (κ2) is 8.55. The van der Waals surface area contributed by atoms with Gasteiger partial charge in [0.05, 0.1) is 25.4 Å². The number of carbonyl (C=O) groups excluding carboxylic acids is 1. The number of aromatic nitrogens is 3. The molecule has 2 aromatic heterocycles. The van der Waals surface area contributed by atoms with Gasteiger partial charge in [0.25, 0.3) is 5.56 Å². The number of benzene rings is 1. The number of methoxy groups -OCH3 is 1. The fourth-order valence-electron chi connectivity index (χ4n) is 5.00. The number of nitrogens with zero attached hydrogens (tertiary/aromatic N) is 5. The Balaban J connectivity index is 1.27. The van der Waals surface area contributed by atoms with Crippen molar-refractivity contribution in [2.45, 2.75) is 12.5 Å². The monoisotopic (exact) mass is 463 g/mol. The highest BCUT2D eigenvalue weighted by Crippen LogP contribution is 2.49. The number of hydrogen-bond donors (Lipinski definition) is 0. The number of fused-ring (bicyclic) bond motifs is 1. The molecule has 0 N–H and O–H groups in total. The maximum Gasteiger partial charge on any atom is 0.255 e. The molecule has 0 unspecified atom stereocenters. The van der Waals surface area contributed by atoms with E-state index in [1.54, 1.807) is 14.2 Å². The number of rotatable bonds is 6. The van der Waals surface area contributed by atoms with Crippen LogP contribution in [0.5, 0.6) is 5.75 Å². The maximum absolute atomic E-state index is 14.2. The number of halogens is 1. The summed E-state index contributed by atoms with van der Waals surface area (Å²) >= 11 is 0. The Morgan fingerprint density at radius 3 is 2.56 bits per heavy atom. The van der Waals surface area contributed by atoms with Gasteiger partial charge in [0, 0.05) is 62.9 Å². The van der Waals surface area contributed by atoms with Crippen LogP contribution in [0.4, 0.5) is 10.3 Å². The molecule has 5 rings (SSSR count). The number of ether oxygens (including phenoxy) is 1. The minimum absolute atomic E-state index is 0.111. The van der Waals surface area contributed by atoms with Crippen LogP contribution in [0.3, 0.4) is 0 Å². The largest absolute Gasteiger partial charge is 0.497 e. The molecule has 0 bridgehead atoms. The van der Waals surface area contributed by atoms with E-state index in [0.29, 0.717) is 37.3 Å². The second-order valence-electron chi connectivity index (χ2n) is 8.95. The average molecular weight is 464 g/mol. The predicted molar refractivity (Wildman–Crippen MR) is 125 cm³/mol. The molecule has 3 atom stereocenters. The van der Waals surface area contributed by atoms with E-state index < -0.39 is 5.82 Å². The van der Waals surface area contributed by atoms with Gasteiger partial charge in [-0.05, 0) is 23.8 Å². The van der Waals surface area contributed by atoms with Crippen molar-refractivity contribution in [2.24, 2.45) is 18.9 Å². The van der Waals surface area contributed by atoms with Crippen LogP contribution in [0, 0.1) is 17.7 Å². The Labute approximate surface area is 196 Å². The molecule has 0 spiro atoms. The fraction of sp³-hybridized carbons (Fsp3) is 0.360. The van der Waals surface area contributed by atoms with Crippen molar-refractivity contribution < 1.29 is 13.9 Å². The molecule has 3 heterocycles. The minimum atomic E-state index is -0.522. The Kier molecular flexibility index (Phi) is 5.55. The van der Waals surface area contributed by atoms with Gasteiger partial charge in [0.15, 0.2) is 5.82 Å². The number of hydrogen-bond acceptors (Lipinski definition) is 6. The number of likely N-dealkylation sites (tertiary alicyclic amines) is 1. The molecule has 0 radical (unpaired) electrons.